The average molecular weight is 222 g/mol. The summed E-state index contributed by atoms with van der Waals surface area (Å²) >= 11 is 0. The predicted octanol–water partition coefficient (Wildman–Crippen LogP) is 2.38. The Bertz CT molecular complexity index is 320. The summed E-state index contributed by atoms with van der Waals surface area (Å²) in [6.45, 7) is 0. The van der Waals surface area contributed by atoms with Gasteiger partial charge in [-0.25, -0.2) is 0 Å². The molecule has 88 valence electrons. The topological polar surface area (TPSA) is 38.7 Å². The lowest BCUT2D eigenvalue weighted by Gasteiger charge is -2.28. The van der Waals surface area contributed by atoms with E-state index in [9.17, 15) is 5.11 Å². The van der Waals surface area contributed by atoms with E-state index in [-0.39, 0.29) is 12.2 Å². The number of rotatable bonds is 3. The third-order valence-corrected chi connectivity index (χ3v) is 3.01. The normalized spacial score (nSPS) is 25.1. The number of hydrogen-bond donors (Lipinski definition) is 1. The molecule has 0 radical (unpaired) electrons. The van der Waals surface area contributed by atoms with Gasteiger partial charge in [0.15, 0.2) is 0 Å². The van der Waals surface area contributed by atoms with Crippen LogP contribution in [0.1, 0.15) is 25.7 Å². The first-order valence-electron chi connectivity index (χ1n) is 5.78. The molecular formula is C13H18O3. The summed E-state index contributed by atoms with van der Waals surface area (Å²) in [6, 6.07) is 7.48. The van der Waals surface area contributed by atoms with Crippen molar-refractivity contribution in [2.24, 2.45) is 0 Å². The van der Waals surface area contributed by atoms with E-state index in [2.05, 4.69) is 0 Å². The fourth-order valence-electron chi connectivity index (χ4n) is 2.04. The van der Waals surface area contributed by atoms with Crippen molar-refractivity contribution in [2.75, 3.05) is 7.11 Å². The fourth-order valence-corrected chi connectivity index (χ4v) is 2.04. The number of aliphatic hydroxyl groups excluding tert-OH is 1. The summed E-state index contributed by atoms with van der Waals surface area (Å²) in [5.41, 5.74) is 0. The van der Waals surface area contributed by atoms with Crippen LogP contribution in [0.5, 0.6) is 11.5 Å². The van der Waals surface area contributed by atoms with Gasteiger partial charge in [-0.05, 0) is 43.5 Å². The molecule has 1 aliphatic carbocycles. The lowest BCUT2D eigenvalue weighted by Crippen LogP contribution is -2.34. The molecule has 1 N–H and O–H groups in total. The zero-order chi connectivity index (χ0) is 11.4. The summed E-state index contributed by atoms with van der Waals surface area (Å²) in [5, 5.41) is 9.78. The average Bonchev–Trinajstić information content (AvgIpc) is 2.33. The highest BCUT2D eigenvalue weighted by molar-refractivity contribution is 5.31. The van der Waals surface area contributed by atoms with Gasteiger partial charge in [-0.2, -0.15) is 0 Å². The van der Waals surface area contributed by atoms with Crippen LogP contribution in [-0.2, 0) is 0 Å². The Morgan fingerprint density at radius 2 is 1.69 bits per heavy atom. The van der Waals surface area contributed by atoms with E-state index in [0.29, 0.717) is 0 Å². The first-order chi connectivity index (χ1) is 7.79. The molecule has 1 aromatic rings. The molecule has 2 rings (SSSR count). The van der Waals surface area contributed by atoms with Crippen LogP contribution in [0.15, 0.2) is 24.3 Å². The minimum absolute atomic E-state index is 0.0536. The smallest absolute Gasteiger partial charge is 0.124 e. The highest BCUT2D eigenvalue weighted by Crippen LogP contribution is 2.25. The number of aliphatic hydroxyl groups is 1. The van der Waals surface area contributed by atoms with Crippen molar-refractivity contribution >= 4 is 0 Å². The van der Waals surface area contributed by atoms with Crippen molar-refractivity contribution in [3.63, 3.8) is 0 Å². The maximum absolute atomic E-state index is 9.78. The minimum atomic E-state index is -0.323. The Kier molecular flexibility index (Phi) is 3.67. The minimum Gasteiger partial charge on any atom is -0.497 e. The molecule has 1 fully saturated rings. The molecule has 0 aromatic heterocycles. The molecule has 0 unspecified atom stereocenters. The van der Waals surface area contributed by atoms with Gasteiger partial charge in [0.25, 0.3) is 0 Å². The molecule has 1 aromatic carbocycles. The van der Waals surface area contributed by atoms with Gasteiger partial charge in [0.05, 0.1) is 13.2 Å². The molecule has 3 heteroatoms. The molecule has 1 aliphatic rings. The second-order valence-corrected chi connectivity index (χ2v) is 4.18. The van der Waals surface area contributed by atoms with E-state index in [1.54, 1.807) is 7.11 Å². The summed E-state index contributed by atoms with van der Waals surface area (Å²) in [6.07, 6.45) is 3.65. The van der Waals surface area contributed by atoms with Crippen LogP contribution in [0, 0.1) is 0 Å². The van der Waals surface area contributed by atoms with Crippen molar-refractivity contribution in [1.29, 1.82) is 0 Å². The van der Waals surface area contributed by atoms with Crippen LogP contribution in [0.2, 0.25) is 0 Å². The molecule has 2 atom stereocenters. The molecule has 0 aliphatic heterocycles. The van der Waals surface area contributed by atoms with E-state index in [1.165, 1.54) is 0 Å². The maximum atomic E-state index is 9.78. The number of benzene rings is 1. The van der Waals surface area contributed by atoms with Gasteiger partial charge in [-0.1, -0.05) is 6.42 Å². The van der Waals surface area contributed by atoms with Crippen molar-refractivity contribution in [1.82, 2.24) is 0 Å². The maximum Gasteiger partial charge on any atom is 0.124 e. The first kappa shape index (κ1) is 11.3. The van der Waals surface area contributed by atoms with Crippen LogP contribution in [-0.4, -0.2) is 24.4 Å². The van der Waals surface area contributed by atoms with Crippen LogP contribution in [0.4, 0.5) is 0 Å². The van der Waals surface area contributed by atoms with Gasteiger partial charge in [0.2, 0.25) is 0 Å². The SMILES string of the molecule is COc1ccc(O[C@H]2CCCC[C@@H]2O)cc1. The third kappa shape index (κ3) is 2.67. The Morgan fingerprint density at radius 1 is 1.06 bits per heavy atom. The number of hydrogen-bond acceptors (Lipinski definition) is 3. The van der Waals surface area contributed by atoms with Gasteiger partial charge in [-0.3, -0.25) is 0 Å². The molecule has 0 bridgehead atoms. The standard InChI is InChI=1S/C13H18O3/c1-15-10-6-8-11(9-7-10)16-13-5-3-2-4-12(13)14/h6-9,12-14H,2-5H2,1H3/t12-,13-/m0/s1. The highest BCUT2D eigenvalue weighted by Gasteiger charge is 2.24. The van der Waals surface area contributed by atoms with E-state index >= 15 is 0 Å². The molecule has 0 saturated heterocycles. The predicted molar refractivity (Wildman–Crippen MR) is 61.9 cm³/mol. The third-order valence-electron chi connectivity index (χ3n) is 3.01. The molecule has 3 nitrogen and oxygen atoms in total. The van der Waals surface area contributed by atoms with Crippen LogP contribution in [0.25, 0.3) is 0 Å². The Labute approximate surface area is 96.0 Å². The van der Waals surface area contributed by atoms with Gasteiger partial charge in [0, 0.05) is 0 Å². The molecule has 1 saturated carbocycles. The van der Waals surface area contributed by atoms with E-state index in [0.717, 1.165) is 37.2 Å². The number of methoxy groups -OCH3 is 1. The summed E-state index contributed by atoms with van der Waals surface area (Å²) in [4.78, 5) is 0. The van der Waals surface area contributed by atoms with Crippen LogP contribution in [0.3, 0.4) is 0 Å². The lowest BCUT2D eigenvalue weighted by molar-refractivity contribution is 0.00685. The monoisotopic (exact) mass is 222 g/mol. The molecule has 0 heterocycles. The van der Waals surface area contributed by atoms with Gasteiger partial charge in [-0.15, -0.1) is 0 Å². The summed E-state index contributed by atoms with van der Waals surface area (Å²) in [5.74, 6) is 1.61. The van der Waals surface area contributed by atoms with Gasteiger partial charge in [0.1, 0.15) is 17.6 Å². The Morgan fingerprint density at radius 3 is 2.31 bits per heavy atom. The van der Waals surface area contributed by atoms with Crippen LogP contribution < -0.4 is 9.47 Å². The van der Waals surface area contributed by atoms with E-state index in [1.807, 2.05) is 24.3 Å². The van der Waals surface area contributed by atoms with E-state index < -0.39 is 0 Å². The second-order valence-electron chi connectivity index (χ2n) is 4.18. The fraction of sp³-hybridized carbons (Fsp3) is 0.538. The molecular weight excluding hydrogens is 204 g/mol. The van der Waals surface area contributed by atoms with Crippen molar-refractivity contribution in [2.45, 2.75) is 37.9 Å². The largest absolute Gasteiger partial charge is 0.497 e. The zero-order valence-corrected chi connectivity index (χ0v) is 9.56. The first-order valence-corrected chi connectivity index (χ1v) is 5.78. The van der Waals surface area contributed by atoms with Crippen LogP contribution >= 0.6 is 0 Å². The van der Waals surface area contributed by atoms with Gasteiger partial charge >= 0.3 is 0 Å². The van der Waals surface area contributed by atoms with Gasteiger partial charge < -0.3 is 14.6 Å². The molecule has 0 spiro atoms. The second kappa shape index (κ2) is 5.21. The van der Waals surface area contributed by atoms with E-state index in [4.69, 9.17) is 9.47 Å². The summed E-state index contributed by atoms with van der Waals surface area (Å²) < 4.78 is 10.8. The van der Waals surface area contributed by atoms with Crippen molar-refractivity contribution in [3.05, 3.63) is 24.3 Å². The molecule has 16 heavy (non-hydrogen) atoms. The number of ether oxygens (including phenoxy) is 2. The zero-order valence-electron chi connectivity index (χ0n) is 9.56. The molecule has 0 amide bonds. The van der Waals surface area contributed by atoms with Crippen molar-refractivity contribution < 1.29 is 14.6 Å². The highest BCUT2D eigenvalue weighted by atomic mass is 16.5. The lowest BCUT2D eigenvalue weighted by atomic mass is 9.95. The Balaban J connectivity index is 1.96. The quantitative estimate of drug-likeness (QED) is 0.853. The van der Waals surface area contributed by atoms with Crippen molar-refractivity contribution in [3.8, 4) is 11.5 Å². The summed E-state index contributed by atoms with van der Waals surface area (Å²) in [7, 11) is 1.64. The Hall–Kier alpha value is -1.22.